The third-order valence-corrected chi connectivity index (χ3v) is 12.1. The number of benzene rings is 8. The molecule has 10 aromatic rings. The lowest BCUT2D eigenvalue weighted by Gasteiger charge is -2.28. The lowest BCUT2D eigenvalue weighted by Crippen LogP contribution is -2.33. The third-order valence-electron chi connectivity index (χ3n) is 12.1. The highest BCUT2D eigenvalue weighted by atomic mass is 15.2. The number of hydrogen-bond acceptors (Lipinski definition) is 2. The quantitative estimate of drug-likeness (QED) is 0.172. The molecule has 4 heteroatoms. The fraction of sp³-hybridized carbons (Fsp3) is 0.0370. The van der Waals surface area contributed by atoms with E-state index in [0.717, 1.165) is 28.0 Å². The van der Waals surface area contributed by atoms with E-state index in [1.165, 1.54) is 65.6 Å². The molecule has 2 atom stereocenters. The summed E-state index contributed by atoms with van der Waals surface area (Å²) in [6.07, 6.45) is 8.68. The SMILES string of the molecule is C1=CC2N=C(n3c4ccccc4c4cc(-c5ccc6c(c5)c5ccccc5n6-c5ccc(-c6ccccc6)cc5)ccc43)N=C(c3ccc4ccccc4c3)C2C=C1. The first-order valence-electron chi connectivity index (χ1n) is 20.0. The van der Waals surface area contributed by atoms with E-state index >= 15 is 0 Å². The highest BCUT2D eigenvalue weighted by molar-refractivity contribution is 6.19. The van der Waals surface area contributed by atoms with Gasteiger partial charge in [0.2, 0.25) is 5.96 Å². The maximum Gasteiger partial charge on any atom is 0.230 e. The van der Waals surface area contributed by atoms with Crippen molar-refractivity contribution in [1.29, 1.82) is 0 Å². The smallest absolute Gasteiger partial charge is 0.230 e. The normalized spacial score (nSPS) is 16.3. The molecule has 0 amide bonds. The molecular weight excluding hydrogens is 705 g/mol. The van der Waals surface area contributed by atoms with E-state index in [0.29, 0.717) is 5.96 Å². The van der Waals surface area contributed by atoms with E-state index in [1.54, 1.807) is 0 Å². The zero-order valence-corrected chi connectivity index (χ0v) is 31.6. The summed E-state index contributed by atoms with van der Waals surface area (Å²) in [5, 5.41) is 7.28. The van der Waals surface area contributed by atoms with Crippen LogP contribution in [0.25, 0.3) is 82.3 Å². The molecule has 8 aromatic carbocycles. The summed E-state index contributed by atoms with van der Waals surface area (Å²) in [7, 11) is 0. The van der Waals surface area contributed by atoms with E-state index in [9.17, 15) is 0 Å². The van der Waals surface area contributed by atoms with Crippen LogP contribution in [0.5, 0.6) is 0 Å². The van der Waals surface area contributed by atoms with Crippen LogP contribution in [0.3, 0.4) is 0 Å². The van der Waals surface area contributed by atoms with Crippen molar-refractivity contribution in [2.24, 2.45) is 15.9 Å². The van der Waals surface area contributed by atoms with Crippen LogP contribution in [0.4, 0.5) is 0 Å². The molecule has 2 aliphatic rings. The molecule has 0 saturated carbocycles. The van der Waals surface area contributed by atoms with Crippen LogP contribution in [0.15, 0.2) is 216 Å². The maximum absolute atomic E-state index is 5.42. The maximum atomic E-state index is 5.42. The Morgan fingerprint density at radius 3 is 1.67 bits per heavy atom. The number of para-hydroxylation sites is 2. The van der Waals surface area contributed by atoms with Crippen LogP contribution >= 0.6 is 0 Å². The Morgan fingerprint density at radius 2 is 0.931 bits per heavy atom. The summed E-state index contributed by atoms with van der Waals surface area (Å²) in [6, 6.07) is 65.8. The molecule has 1 aliphatic heterocycles. The minimum absolute atomic E-state index is 0.0369. The molecule has 0 N–H and O–H groups in total. The first kappa shape index (κ1) is 32.7. The lowest BCUT2D eigenvalue weighted by atomic mass is 9.86. The molecule has 0 saturated heterocycles. The fourth-order valence-electron chi connectivity index (χ4n) is 9.26. The first-order chi connectivity index (χ1) is 28.7. The van der Waals surface area contributed by atoms with Crippen molar-refractivity contribution in [3.05, 3.63) is 212 Å². The monoisotopic (exact) mass is 740 g/mol. The van der Waals surface area contributed by atoms with Gasteiger partial charge in [-0.1, -0.05) is 152 Å². The van der Waals surface area contributed by atoms with Crippen molar-refractivity contribution in [3.63, 3.8) is 0 Å². The van der Waals surface area contributed by atoms with Gasteiger partial charge in [0.25, 0.3) is 0 Å². The van der Waals surface area contributed by atoms with Crippen LogP contribution in [0.2, 0.25) is 0 Å². The number of fused-ring (bicyclic) bond motifs is 8. The number of allylic oxidation sites excluding steroid dienone is 2. The number of hydrogen-bond donors (Lipinski definition) is 0. The molecule has 0 fully saturated rings. The average Bonchev–Trinajstić information content (AvgIpc) is 3.81. The predicted molar refractivity (Wildman–Crippen MR) is 244 cm³/mol. The van der Waals surface area contributed by atoms with E-state index in [1.807, 2.05) is 0 Å². The van der Waals surface area contributed by atoms with Crippen molar-refractivity contribution >= 4 is 66.1 Å². The molecule has 1 aliphatic carbocycles. The van der Waals surface area contributed by atoms with Crippen molar-refractivity contribution in [3.8, 4) is 27.9 Å². The van der Waals surface area contributed by atoms with Gasteiger partial charge in [-0.3, -0.25) is 4.57 Å². The molecular formula is C54H36N4. The first-order valence-corrected chi connectivity index (χ1v) is 20.0. The van der Waals surface area contributed by atoms with Gasteiger partial charge < -0.3 is 4.57 Å². The van der Waals surface area contributed by atoms with E-state index in [-0.39, 0.29) is 12.0 Å². The molecule has 4 nitrogen and oxygen atoms in total. The van der Waals surface area contributed by atoms with Crippen molar-refractivity contribution < 1.29 is 0 Å². The van der Waals surface area contributed by atoms with E-state index < -0.39 is 0 Å². The van der Waals surface area contributed by atoms with Gasteiger partial charge in [-0.05, 0) is 93.2 Å². The van der Waals surface area contributed by atoms with Gasteiger partial charge in [0.1, 0.15) is 0 Å². The summed E-state index contributed by atoms with van der Waals surface area (Å²) in [5.41, 5.74) is 12.7. The molecule has 0 spiro atoms. The Morgan fingerprint density at radius 1 is 0.379 bits per heavy atom. The van der Waals surface area contributed by atoms with Gasteiger partial charge in [0.05, 0.1) is 33.8 Å². The zero-order valence-electron chi connectivity index (χ0n) is 31.6. The minimum atomic E-state index is -0.0369. The van der Waals surface area contributed by atoms with E-state index in [4.69, 9.17) is 9.98 Å². The largest absolute Gasteiger partial charge is 0.309 e. The second-order valence-electron chi connectivity index (χ2n) is 15.4. The van der Waals surface area contributed by atoms with Crippen molar-refractivity contribution in [1.82, 2.24) is 9.13 Å². The van der Waals surface area contributed by atoms with Gasteiger partial charge in [0.15, 0.2) is 0 Å². The Hall–Kier alpha value is -7.56. The van der Waals surface area contributed by atoms with Gasteiger partial charge in [0, 0.05) is 33.2 Å². The van der Waals surface area contributed by atoms with Crippen LogP contribution < -0.4 is 0 Å². The molecule has 0 radical (unpaired) electrons. The zero-order chi connectivity index (χ0) is 38.2. The van der Waals surface area contributed by atoms with E-state index in [2.05, 4.69) is 215 Å². The Bertz CT molecular complexity index is 3390. The number of aliphatic imine (C=N–C) groups is 2. The number of aromatic nitrogens is 2. The average molecular weight is 741 g/mol. The minimum Gasteiger partial charge on any atom is -0.309 e. The number of nitrogens with zero attached hydrogens (tertiary/aromatic N) is 4. The molecule has 272 valence electrons. The second kappa shape index (κ2) is 13.0. The van der Waals surface area contributed by atoms with Gasteiger partial charge in [-0.15, -0.1) is 0 Å². The molecule has 2 unspecified atom stereocenters. The van der Waals surface area contributed by atoms with Gasteiger partial charge >= 0.3 is 0 Å². The molecule has 12 rings (SSSR count). The van der Waals surface area contributed by atoms with Crippen molar-refractivity contribution in [2.45, 2.75) is 6.04 Å². The molecule has 58 heavy (non-hydrogen) atoms. The van der Waals surface area contributed by atoms with Crippen LogP contribution in [-0.2, 0) is 0 Å². The lowest BCUT2D eigenvalue weighted by molar-refractivity contribution is 0.703. The summed E-state index contributed by atoms with van der Waals surface area (Å²) in [6.45, 7) is 0. The molecule has 0 bridgehead atoms. The van der Waals surface area contributed by atoms with Crippen LogP contribution in [0.1, 0.15) is 5.56 Å². The van der Waals surface area contributed by atoms with Crippen molar-refractivity contribution in [2.75, 3.05) is 0 Å². The highest BCUT2D eigenvalue weighted by Gasteiger charge is 2.31. The second-order valence-corrected chi connectivity index (χ2v) is 15.4. The van der Waals surface area contributed by atoms with Gasteiger partial charge in [-0.2, -0.15) is 0 Å². The van der Waals surface area contributed by atoms with Crippen LogP contribution in [-0.4, -0.2) is 26.8 Å². The molecule has 3 heterocycles. The Labute approximate surface area is 335 Å². The summed E-state index contributed by atoms with van der Waals surface area (Å²) < 4.78 is 4.65. The Balaban J connectivity index is 0.981. The highest BCUT2D eigenvalue weighted by Crippen LogP contribution is 2.38. The standard InChI is InChI=1S/C54H36N4/c1-2-12-35(13-3-1)37-24-28-42(29-25-37)57-49-20-10-7-16-43(49)46-33-39(26-30-51(46)57)40-27-31-52-47(34-40)44-17-8-11-21-50(44)58(52)54-55-48-19-9-6-18-45(48)53(56-54)41-23-22-36-14-4-5-15-38(36)32-41/h1-34,45,48H. The fourth-order valence-corrected chi connectivity index (χ4v) is 9.26. The molecule has 2 aromatic heterocycles. The third kappa shape index (κ3) is 5.15. The number of rotatable bonds is 4. The Kier molecular flexibility index (Phi) is 7.32. The van der Waals surface area contributed by atoms with Crippen LogP contribution in [0, 0.1) is 5.92 Å². The summed E-state index contributed by atoms with van der Waals surface area (Å²) >= 11 is 0. The topological polar surface area (TPSA) is 34.6 Å². The summed E-state index contributed by atoms with van der Waals surface area (Å²) in [5.74, 6) is 0.790. The predicted octanol–water partition coefficient (Wildman–Crippen LogP) is 13.2. The summed E-state index contributed by atoms with van der Waals surface area (Å²) in [4.78, 5) is 10.7. The van der Waals surface area contributed by atoms with Gasteiger partial charge in [-0.25, -0.2) is 9.98 Å².